The second-order valence-electron chi connectivity index (χ2n) is 6.30. The number of aryl methyl sites for hydroxylation is 1. The molecule has 1 amide bonds. The molecule has 4 nitrogen and oxygen atoms in total. The highest BCUT2D eigenvalue weighted by Crippen LogP contribution is 2.30. The van der Waals surface area contributed by atoms with E-state index in [4.69, 9.17) is 0 Å². The van der Waals surface area contributed by atoms with Gasteiger partial charge in [-0.15, -0.1) is 13.2 Å². The smallest absolute Gasteiger partial charge is 0.223 e. The molecule has 0 spiro atoms. The third-order valence-electron chi connectivity index (χ3n) is 4.48. The van der Waals surface area contributed by atoms with Gasteiger partial charge < -0.3 is 10.0 Å². The normalized spacial score (nSPS) is 15.0. The van der Waals surface area contributed by atoms with E-state index >= 15 is 0 Å². The molecule has 0 aliphatic carbocycles. The molecule has 1 aliphatic rings. The molecule has 0 bridgehead atoms. The third kappa shape index (κ3) is 4.56. The summed E-state index contributed by atoms with van der Waals surface area (Å²) in [6, 6.07) is 5.97. The van der Waals surface area contributed by atoms with E-state index in [0.717, 1.165) is 55.8 Å². The predicted molar refractivity (Wildman–Crippen MR) is 99.2 cm³/mol. The summed E-state index contributed by atoms with van der Waals surface area (Å²) < 4.78 is 0. The first-order valence-corrected chi connectivity index (χ1v) is 8.60. The number of amides is 1. The van der Waals surface area contributed by atoms with Crippen molar-refractivity contribution in [2.24, 2.45) is 0 Å². The highest BCUT2D eigenvalue weighted by molar-refractivity contribution is 5.92. The number of nitrogens with zero attached hydrogens (tertiary/aromatic N) is 2. The van der Waals surface area contributed by atoms with E-state index < -0.39 is 6.10 Å². The van der Waals surface area contributed by atoms with Crippen LogP contribution in [0.5, 0.6) is 0 Å². The molecule has 1 heterocycles. The van der Waals surface area contributed by atoms with Crippen molar-refractivity contribution in [3.63, 3.8) is 0 Å². The number of carbonyl (C=O) groups excluding carboxylic acids is 1. The lowest BCUT2D eigenvalue weighted by atomic mass is 9.96. The van der Waals surface area contributed by atoms with Gasteiger partial charge in [0.05, 0.1) is 6.10 Å². The molecule has 0 aromatic heterocycles. The quantitative estimate of drug-likeness (QED) is 0.746. The van der Waals surface area contributed by atoms with Crippen molar-refractivity contribution in [3.8, 4) is 0 Å². The highest BCUT2D eigenvalue weighted by Gasteiger charge is 2.21. The molecule has 1 N–H and O–H groups in total. The number of hydrogen-bond donors (Lipinski definition) is 1. The number of carbonyl (C=O) groups is 1. The molecule has 0 radical (unpaired) electrons. The Balaban J connectivity index is 2.05. The maximum absolute atomic E-state index is 11.7. The van der Waals surface area contributed by atoms with Crippen LogP contribution in [0.3, 0.4) is 0 Å². The van der Waals surface area contributed by atoms with Crippen molar-refractivity contribution in [2.45, 2.75) is 32.3 Å². The van der Waals surface area contributed by atoms with Crippen LogP contribution < -0.4 is 4.90 Å². The lowest BCUT2D eigenvalue weighted by Gasteiger charge is -2.29. The van der Waals surface area contributed by atoms with Crippen molar-refractivity contribution < 1.29 is 9.90 Å². The van der Waals surface area contributed by atoms with Crippen LogP contribution in [-0.2, 0) is 11.2 Å². The maximum atomic E-state index is 11.7. The van der Waals surface area contributed by atoms with Crippen LogP contribution in [0.2, 0.25) is 0 Å². The minimum absolute atomic E-state index is 0.0775. The van der Waals surface area contributed by atoms with Gasteiger partial charge in [0, 0.05) is 38.8 Å². The fraction of sp³-hybridized carbons (Fsp3) is 0.450. The Morgan fingerprint density at radius 1 is 1.38 bits per heavy atom. The Morgan fingerprint density at radius 2 is 2.08 bits per heavy atom. The first kappa shape index (κ1) is 18.4. The van der Waals surface area contributed by atoms with E-state index in [1.807, 2.05) is 29.2 Å². The first-order chi connectivity index (χ1) is 11.6. The summed E-state index contributed by atoms with van der Waals surface area (Å²) in [5.74, 6) is 0.0775. The fourth-order valence-electron chi connectivity index (χ4n) is 3.25. The van der Waals surface area contributed by atoms with Gasteiger partial charge in [0.2, 0.25) is 5.91 Å². The number of aliphatic hydroxyl groups is 1. The summed E-state index contributed by atoms with van der Waals surface area (Å²) in [6.45, 7) is 12.3. The summed E-state index contributed by atoms with van der Waals surface area (Å²) in [7, 11) is 0. The van der Waals surface area contributed by atoms with Crippen LogP contribution >= 0.6 is 0 Å². The molecule has 1 aromatic rings. The summed E-state index contributed by atoms with van der Waals surface area (Å²) in [5.41, 5.74) is 3.07. The van der Waals surface area contributed by atoms with Crippen molar-refractivity contribution in [1.82, 2.24) is 4.90 Å². The Morgan fingerprint density at radius 3 is 2.71 bits per heavy atom. The van der Waals surface area contributed by atoms with Crippen LogP contribution in [0.15, 0.2) is 43.5 Å². The van der Waals surface area contributed by atoms with Gasteiger partial charge in [-0.3, -0.25) is 9.69 Å². The summed E-state index contributed by atoms with van der Waals surface area (Å²) >= 11 is 0. The Hall–Kier alpha value is -1.91. The van der Waals surface area contributed by atoms with Gasteiger partial charge in [-0.1, -0.05) is 24.3 Å². The van der Waals surface area contributed by atoms with E-state index in [-0.39, 0.29) is 5.91 Å². The zero-order chi connectivity index (χ0) is 17.5. The van der Waals surface area contributed by atoms with E-state index in [0.29, 0.717) is 6.42 Å². The molecular formula is C20H28N2O2. The van der Waals surface area contributed by atoms with E-state index in [2.05, 4.69) is 24.1 Å². The lowest BCUT2D eigenvalue weighted by molar-refractivity contribution is -0.116. The summed E-state index contributed by atoms with van der Waals surface area (Å²) in [5, 5.41) is 10.5. The van der Waals surface area contributed by atoms with Gasteiger partial charge in [0.1, 0.15) is 0 Å². The molecule has 2 rings (SSSR count). The SMILES string of the molecule is C=CCN(CC=C)CCC(O)c1ccc2c(c1)CCCN2C(C)=O. The molecular weight excluding hydrogens is 300 g/mol. The lowest BCUT2D eigenvalue weighted by Crippen LogP contribution is -2.33. The summed E-state index contributed by atoms with van der Waals surface area (Å²) in [4.78, 5) is 15.8. The van der Waals surface area contributed by atoms with Crippen LogP contribution in [0, 0.1) is 0 Å². The van der Waals surface area contributed by atoms with E-state index in [9.17, 15) is 9.90 Å². The largest absolute Gasteiger partial charge is 0.388 e. The zero-order valence-electron chi connectivity index (χ0n) is 14.6. The average molecular weight is 328 g/mol. The molecule has 1 unspecified atom stereocenters. The van der Waals surface area contributed by atoms with Gasteiger partial charge in [0.15, 0.2) is 0 Å². The van der Waals surface area contributed by atoms with Crippen molar-refractivity contribution >= 4 is 11.6 Å². The number of benzene rings is 1. The van der Waals surface area contributed by atoms with Gasteiger partial charge in [-0.2, -0.15) is 0 Å². The van der Waals surface area contributed by atoms with Crippen LogP contribution in [0.1, 0.15) is 37.0 Å². The predicted octanol–water partition coefficient (Wildman–Crippen LogP) is 3.08. The Bertz CT molecular complexity index is 587. The fourth-order valence-corrected chi connectivity index (χ4v) is 3.25. The van der Waals surface area contributed by atoms with Gasteiger partial charge >= 0.3 is 0 Å². The van der Waals surface area contributed by atoms with Crippen molar-refractivity contribution in [2.75, 3.05) is 31.1 Å². The molecule has 0 saturated carbocycles. The van der Waals surface area contributed by atoms with Crippen LogP contribution in [0.25, 0.3) is 0 Å². The number of fused-ring (bicyclic) bond motifs is 1. The minimum atomic E-state index is -0.500. The average Bonchev–Trinajstić information content (AvgIpc) is 2.58. The number of hydrogen-bond acceptors (Lipinski definition) is 3. The molecule has 1 aliphatic heterocycles. The molecule has 130 valence electrons. The topological polar surface area (TPSA) is 43.8 Å². The standard InChI is InChI=1S/C20H28N2O2/c1-4-11-21(12-5-2)14-10-20(24)18-8-9-19-17(15-18)7-6-13-22(19)16(3)23/h4-5,8-9,15,20,24H,1-2,6-7,10-14H2,3H3. The van der Waals surface area contributed by atoms with Gasteiger partial charge in [0.25, 0.3) is 0 Å². The van der Waals surface area contributed by atoms with Crippen LogP contribution in [-0.4, -0.2) is 42.1 Å². The first-order valence-electron chi connectivity index (χ1n) is 8.60. The van der Waals surface area contributed by atoms with E-state index in [1.165, 1.54) is 0 Å². The molecule has 1 atom stereocenters. The highest BCUT2D eigenvalue weighted by atomic mass is 16.3. The number of aliphatic hydroxyl groups excluding tert-OH is 1. The van der Waals surface area contributed by atoms with Crippen molar-refractivity contribution in [3.05, 3.63) is 54.6 Å². The zero-order valence-corrected chi connectivity index (χ0v) is 14.6. The Labute approximate surface area is 145 Å². The molecule has 0 saturated heterocycles. The van der Waals surface area contributed by atoms with Gasteiger partial charge in [-0.25, -0.2) is 0 Å². The Kier molecular flexibility index (Phi) is 6.76. The molecule has 4 heteroatoms. The third-order valence-corrected chi connectivity index (χ3v) is 4.48. The second-order valence-corrected chi connectivity index (χ2v) is 6.30. The maximum Gasteiger partial charge on any atom is 0.223 e. The van der Waals surface area contributed by atoms with Crippen molar-refractivity contribution in [1.29, 1.82) is 0 Å². The number of anilines is 1. The number of rotatable bonds is 8. The van der Waals surface area contributed by atoms with E-state index in [1.54, 1.807) is 6.92 Å². The molecule has 24 heavy (non-hydrogen) atoms. The molecule has 0 fully saturated rings. The van der Waals surface area contributed by atoms with Gasteiger partial charge in [-0.05, 0) is 36.5 Å². The summed E-state index contributed by atoms with van der Waals surface area (Å²) in [6.07, 6.45) is 5.82. The monoisotopic (exact) mass is 328 g/mol. The minimum Gasteiger partial charge on any atom is -0.388 e. The second kappa shape index (κ2) is 8.81. The van der Waals surface area contributed by atoms with Crippen LogP contribution in [0.4, 0.5) is 5.69 Å². The molecule has 1 aromatic carbocycles.